The summed E-state index contributed by atoms with van der Waals surface area (Å²) in [6, 6.07) is 12.4. The van der Waals surface area contributed by atoms with Crippen molar-refractivity contribution in [2.45, 2.75) is 19.8 Å². The zero-order valence-corrected chi connectivity index (χ0v) is 16.2. The molecule has 0 atom stereocenters. The number of anilines is 5. The van der Waals surface area contributed by atoms with Gasteiger partial charge in [0.2, 0.25) is 17.8 Å². The van der Waals surface area contributed by atoms with Crippen molar-refractivity contribution in [3.8, 4) is 0 Å². The Morgan fingerprint density at radius 3 is 2.14 bits per heavy atom. The van der Waals surface area contributed by atoms with Crippen LogP contribution >= 0.6 is 11.6 Å². The normalized spacial score (nSPS) is 13.6. The van der Waals surface area contributed by atoms with Gasteiger partial charge in [-0.1, -0.05) is 29.3 Å². The molecule has 1 aliphatic rings. The molecule has 1 saturated heterocycles. The zero-order chi connectivity index (χ0) is 19.5. The number of nitrogens with zero attached hydrogens (tertiary/aromatic N) is 4. The Bertz CT molecular complexity index is 973. The molecule has 0 aliphatic carbocycles. The van der Waals surface area contributed by atoms with Crippen molar-refractivity contribution in [2.24, 2.45) is 0 Å². The van der Waals surface area contributed by atoms with Crippen LogP contribution in [-0.4, -0.2) is 28.0 Å². The molecule has 2 aromatic carbocycles. The van der Waals surface area contributed by atoms with Crippen LogP contribution in [0.4, 0.5) is 33.6 Å². The molecule has 8 heteroatoms. The lowest BCUT2D eigenvalue weighted by atomic mass is 10.2. The Labute approximate surface area is 167 Å². The second kappa shape index (κ2) is 7.98. The molecule has 0 bridgehead atoms. The van der Waals surface area contributed by atoms with E-state index in [4.69, 9.17) is 11.6 Å². The van der Waals surface area contributed by atoms with Gasteiger partial charge < -0.3 is 15.5 Å². The predicted octanol–water partition coefficient (Wildman–Crippen LogP) is 5.06. The van der Waals surface area contributed by atoms with Crippen LogP contribution in [0.3, 0.4) is 0 Å². The first-order valence-corrected chi connectivity index (χ1v) is 9.51. The lowest BCUT2D eigenvalue weighted by Crippen LogP contribution is -2.21. The van der Waals surface area contributed by atoms with Crippen LogP contribution in [0.5, 0.6) is 0 Å². The van der Waals surface area contributed by atoms with Crippen LogP contribution in [0.25, 0.3) is 0 Å². The van der Waals surface area contributed by atoms with Crippen molar-refractivity contribution in [1.29, 1.82) is 0 Å². The average Bonchev–Trinajstić information content (AvgIpc) is 3.21. The van der Waals surface area contributed by atoms with Crippen molar-refractivity contribution in [1.82, 2.24) is 15.0 Å². The first-order valence-electron chi connectivity index (χ1n) is 9.14. The standard InChI is InChI=1S/C20H20ClFN6/c1-13-4-6-14(7-5-13)23-18-25-19(24-15-8-9-17(22)16(21)12-15)27-20(26-18)28-10-2-3-11-28/h4-9,12H,2-3,10-11H2,1H3,(H2,23,24,25,26,27). The summed E-state index contributed by atoms with van der Waals surface area (Å²) in [6.45, 7) is 3.86. The lowest BCUT2D eigenvalue weighted by molar-refractivity contribution is 0.628. The van der Waals surface area contributed by atoms with E-state index in [9.17, 15) is 4.39 Å². The van der Waals surface area contributed by atoms with E-state index < -0.39 is 5.82 Å². The fourth-order valence-corrected chi connectivity index (χ4v) is 3.18. The van der Waals surface area contributed by atoms with Crippen molar-refractivity contribution >= 4 is 40.8 Å². The van der Waals surface area contributed by atoms with Crippen LogP contribution in [0.1, 0.15) is 18.4 Å². The maximum absolute atomic E-state index is 13.4. The summed E-state index contributed by atoms with van der Waals surface area (Å²) in [4.78, 5) is 15.7. The van der Waals surface area contributed by atoms with E-state index in [1.54, 1.807) is 6.07 Å². The average molecular weight is 399 g/mol. The summed E-state index contributed by atoms with van der Waals surface area (Å²) in [5.41, 5.74) is 2.67. The second-order valence-electron chi connectivity index (χ2n) is 6.72. The number of halogens is 2. The van der Waals surface area contributed by atoms with Crippen molar-refractivity contribution in [2.75, 3.05) is 28.6 Å². The fourth-order valence-electron chi connectivity index (χ4n) is 3.00. The first-order chi connectivity index (χ1) is 13.6. The first kappa shape index (κ1) is 18.4. The van der Waals surface area contributed by atoms with Gasteiger partial charge in [0, 0.05) is 24.5 Å². The summed E-state index contributed by atoms with van der Waals surface area (Å²) in [6.07, 6.45) is 2.23. The fraction of sp³-hybridized carbons (Fsp3) is 0.250. The molecule has 2 heterocycles. The molecule has 4 rings (SSSR count). The summed E-state index contributed by atoms with van der Waals surface area (Å²) >= 11 is 5.88. The maximum atomic E-state index is 13.4. The van der Waals surface area contributed by atoms with Crippen LogP contribution in [-0.2, 0) is 0 Å². The highest BCUT2D eigenvalue weighted by Gasteiger charge is 2.18. The molecule has 3 aromatic rings. The van der Waals surface area contributed by atoms with Gasteiger partial charge in [0.1, 0.15) is 5.82 Å². The highest BCUT2D eigenvalue weighted by Crippen LogP contribution is 2.25. The molecule has 0 radical (unpaired) electrons. The summed E-state index contributed by atoms with van der Waals surface area (Å²) < 4.78 is 13.4. The number of aryl methyl sites for hydroxylation is 1. The van der Waals surface area contributed by atoms with Gasteiger partial charge in [0.15, 0.2) is 0 Å². The Hall–Kier alpha value is -2.93. The Morgan fingerprint density at radius 1 is 0.893 bits per heavy atom. The Kier molecular flexibility index (Phi) is 5.25. The van der Waals surface area contributed by atoms with Gasteiger partial charge in [-0.05, 0) is 50.1 Å². The zero-order valence-electron chi connectivity index (χ0n) is 15.4. The molecule has 0 amide bonds. The van der Waals surface area contributed by atoms with Gasteiger partial charge in [0.25, 0.3) is 0 Å². The molecule has 28 heavy (non-hydrogen) atoms. The van der Waals surface area contributed by atoms with Crippen LogP contribution < -0.4 is 15.5 Å². The minimum atomic E-state index is -0.470. The number of nitrogens with one attached hydrogen (secondary N) is 2. The number of hydrogen-bond acceptors (Lipinski definition) is 6. The number of aromatic nitrogens is 3. The smallest absolute Gasteiger partial charge is 0.233 e. The maximum Gasteiger partial charge on any atom is 0.233 e. The number of benzene rings is 2. The van der Waals surface area contributed by atoms with E-state index in [1.807, 2.05) is 31.2 Å². The third kappa shape index (κ3) is 4.31. The van der Waals surface area contributed by atoms with E-state index >= 15 is 0 Å². The third-order valence-corrected chi connectivity index (χ3v) is 4.79. The molecule has 0 saturated carbocycles. The van der Waals surface area contributed by atoms with E-state index in [-0.39, 0.29) is 5.02 Å². The molecule has 6 nitrogen and oxygen atoms in total. The molecule has 0 unspecified atom stereocenters. The SMILES string of the molecule is Cc1ccc(Nc2nc(Nc3ccc(F)c(Cl)c3)nc(N3CCCC3)n2)cc1. The Balaban J connectivity index is 1.64. The van der Waals surface area contributed by atoms with Crippen LogP contribution in [0.2, 0.25) is 5.02 Å². The molecular formula is C20H20ClFN6. The van der Waals surface area contributed by atoms with Gasteiger partial charge in [-0.25, -0.2) is 4.39 Å². The quantitative estimate of drug-likeness (QED) is 0.626. The van der Waals surface area contributed by atoms with Gasteiger partial charge in [-0.3, -0.25) is 0 Å². The minimum Gasteiger partial charge on any atom is -0.341 e. The topological polar surface area (TPSA) is 66.0 Å². The summed E-state index contributed by atoms with van der Waals surface area (Å²) in [5, 5.41) is 6.36. The lowest BCUT2D eigenvalue weighted by Gasteiger charge is -2.17. The van der Waals surface area contributed by atoms with Crippen molar-refractivity contribution < 1.29 is 4.39 Å². The van der Waals surface area contributed by atoms with E-state index in [0.29, 0.717) is 23.5 Å². The second-order valence-corrected chi connectivity index (χ2v) is 7.13. The number of rotatable bonds is 5. The highest BCUT2D eigenvalue weighted by atomic mass is 35.5. The molecule has 1 fully saturated rings. The molecular weight excluding hydrogens is 379 g/mol. The molecule has 1 aromatic heterocycles. The summed E-state index contributed by atoms with van der Waals surface area (Å²) in [5.74, 6) is 0.950. The van der Waals surface area contributed by atoms with Crippen molar-refractivity contribution in [3.05, 3.63) is 58.9 Å². The molecule has 144 valence electrons. The predicted molar refractivity (Wildman–Crippen MR) is 110 cm³/mol. The molecule has 2 N–H and O–H groups in total. The van der Waals surface area contributed by atoms with Gasteiger partial charge in [-0.2, -0.15) is 15.0 Å². The monoisotopic (exact) mass is 398 g/mol. The van der Waals surface area contributed by atoms with Gasteiger partial charge in [-0.15, -0.1) is 0 Å². The van der Waals surface area contributed by atoms with Crippen LogP contribution in [0.15, 0.2) is 42.5 Å². The molecule has 0 spiro atoms. The number of hydrogen-bond donors (Lipinski definition) is 2. The van der Waals surface area contributed by atoms with Crippen molar-refractivity contribution in [3.63, 3.8) is 0 Å². The van der Waals surface area contributed by atoms with E-state index in [0.717, 1.165) is 31.6 Å². The van der Waals surface area contributed by atoms with Gasteiger partial charge in [0.05, 0.1) is 5.02 Å². The van der Waals surface area contributed by atoms with Crippen LogP contribution in [0, 0.1) is 12.7 Å². The summed E-state index contributed by atoms with van der Waals surface area (Å²) in [7, 11) is 0. The largest absolute Gasteiger partial charge is 0.341 e. The van der Waals surface area contributed by atoms with E-state index in [2.05, 4.69) is 30.5 Å². The van der Waals surface area contributed by atoms with E-state index in [1.165, 1.54) is 17.7 Å². The molecule has 1 aliphatic heterocycles. The third-order valence-electron chi connectivity index (χ3n) is 4.50. The van der Waals surface area contributed by atoms with Gasteiger partial charge >= 0.3 is 0 Å². The minimum absolute atomic E-state index is 0.0387. The highest BCUT2D eigenvalue weighted by molar-refractivity contribution is 6.31. The Morgan fingerprint density at radius 2 is 1.50 bits per heavy atom.